The molecule has 1 N–H and O–H groups in total. The lowest BCUT2D eigenvalue weighted by molar-refractivity contribution is -0.125. The van der Waals surface area contributed by atoms with Crippen molar-refractivity contribution in [1.29, 1.82) is 0 Å². The zero-order valence-corrected chi connectivity index (χ0v) is 9.29. The molecule has 7 nitrogen and oxygen atoms in total. The Morgan fingerprint density at radius 1 is 1.44 bits per heavy atom. The van der Waals surface area contributed by atoms with E-state index in [0.29, 0.717) is 11.0 Å². The molecule has 0 aromatic carbocycles. The van der Waals surface area contributed by atoms with Crippen LogP contribution in [-0.2, 0) is 19.1 Å². The quantitative estimate of drug-likeness (QED) is 0.591. The van der Waals surface area contributed by atoms with Crippen molar-refractivity contribution in [3.05, 3.63) is 11.8 Å². The van der Waals surface area contributed by atoms with E-state index in [9.17, 15) is 31.2 Å². The minimum atomic E-state index is -5.84. The van der Waals surface area contributed by atoms with Gasteiger partial charge < -0.3 is 9.29 Å². The molecule has 0 radical (unpaired) electrons. The number of imide groups is 1. The van der Waals surface area contributed by atoms with Gasteiger partial charge in [0.25, 0.3) is 5.91 Å². The Morgan fingerprint density at radius 3 is 2.39 bits per heavy atom. The summed E-state index contributed by atoms with van der Waals surface area (Å²) in [6.07, 6.45) is -1.65. The molecule has 1 aliphatic rings. The van der Waals surface area contributed by atoms with Crippen molar-refractivity contribution < 1.29 is 40.5 Å². The van der Waals surface area contributed by atoms with Gasteiger partial charge in [-0.05, 0) is 0 Å². The first-order chi connectivity index (χ1) is 8.04. The number of carbonyl (C=O) groups is 2. The molecule has 1 heterocycles. The fourth-order valence-electron chi connectivity index (χ4n) is 1.06. The van der Waals surface area contributed by atoms with Crippen molar-refractivity contribution in [3.8, 4) is 0 Å². The predicted octanol–water partition coefficient (Wildman–Crippen LogP) is 0.647. The van der Waals surface area contributed by atoms with Crippen molar-refractivity contribution in [3.63, 3.8) is 0 Å². The van der Waals surface area contributed by atoms with Crippen molar-refractivity contribution >= 4 is 22.1 Å². The summed E-state index contributed by atoms with van der Waals surface area (Å²) < 4.78 is 60.8. The van der Waals surface area contributed by atoms with Crippen LogP contribution in [0.15, 0.2) is 11.8 Å². The highest BCUT2D eigenvalue weighted by Gasteiger charge is 2.49. The van der Waals surface area contributed by atoms with Crippen LogP contribution in [0.3, 0.4) is 0 Å². The van der Waals surface area contributed by atoms with Gasteiger partial charge in [-0.25, -0.2) is 9.69 Å². The molecule has 18 heavy (non-hydrogen) atoms. The summed E-state index contributed by atoms with van der Waals surface area (Å²) in [7, 11) is -5.84. The SMILES string of the molecule is O=C(O)N1CCC(OS(=O)(=O)C(F)(F)F)=CC1=O. The standard InChI is InChI=1S/C7H6F3NO6S/c8-7(9,10)18(15,16)17-4-1-2-11(6(13)14)5(12)3-4/h3H,1-2H2,(H,13,14). The van der Waals surface area contributed by atoms with Gasteiger partial charge in [-0.15, -0.1) is 0 Å². The normalized spacial score (nSPS) is 17.4. The van der Waals surface area contributed by atoms with E-state index in [1.807, 2.05) is 0 Å². The lowest BCUT2D eigenvalue weighted by atomic mass is 10.2. The average Bonchev–Trinajstić information content (AvgIpc) is 2.14. The van der Waals surface area contributed by atoms with Gasteiger partial charge >= 0.3 is 21.7 Å². The molecule has 0 aromatic rings. The monoisotopic (exact) mass is 289 g/mol. The Bertz CT molecular complexity index is 508. The second-order valence-electron chi connectivity index (χ2n) is 3.12. The van der Waals surface area contributed by atoms with Crippen LogP contribution < -0.4 is 0 Å². The van der Waals surface area contributed by atoms with Crippen molar-refractivity contribution in [1.82, 2.24) is 4.90 Å². The van der Waals surface area contributed by atoms with Crippen LogP contribution in [0.5, 0.6) is 0 Å². The van der Waals surface area contributed by atoms with E-state index in [-0.39, 0.29) is 0 Å². The second-order valence-corrected chi connectivity index (χ2v) is 4.65. The van der Waals surface area contributed by atoms with E-state index < -0.39 is 46.4 Å². The molecule has 2 amide bonds. The van der Waals surface area contributed by atoms with Crippen LogP contribution in [0.1, 0.15) is 6.42 Å². The van der Waals surface area contributed by atoms with Gasteiger partial charge in [0.05, 0.1) is 0 Å². The van der Waals surface area contributed by atoms with Crippen LogP contribution in [0, 0.1) is 0 Å². The van der Waals surface area contributed by atoms with Gasteiger partial charge in [0.15, 0.2) is 0 Å². The highest BCUT2D eigenvalue weighted by Crippen LogP contribution is 2.28. The predicted molar refractivity (Wildman–Crippen MR) is 48.5 cm³/mol. The molecule has 1 rings (SSSR count). The Balaban J connectivity index is 2.88. The molecular weight excluding hydrogens is 283 g/mol. The Hall–Kier alpha value is -1.78. The summed E-state index contributed by atoms with van der Waals surface area (Å²) in [4.78, 5) is 21.9. The van der Waals surface area contributed by atoms with E-state index in [1.54, 1.807) is 0 Å². The number of hydrogen-bond donors (Lipinski definition) is 1. The minimum Gasteiger partial charge on any atom is -0.465 e. The molecule has 0 saturated heterocycles. The average molecular weight is 289 g/mol. The van der Waals surface area contributed by atoms with E-state index in [4.69, 9.17) is 5.11 Å². The van der Waals surface area contributed by atoms with Crippen LogP contribution in [0.25, 0.3) is 0 Å². The number of rotatable bonds is 2. The molecule has 0 atom stereocenters. The van der Waals surface area contributed by atoms with E-state index >= 15 is 0 Å². The third-order valence-electron chi connectivity index (χ3n) is 1.86. The summed E-state index contributed by atoms with van der Waals surface area (Å²) >= 11 is 0. The minimum absolute atomic E-state index is 0.313. The van der Waals surface area contributed by atoms with Gasteiger partial charge in [0.1, 0.15) is 5.76 Å². The van der Waals surface area contributed by atoms with Gasteiger partial charge in [-0.3, -0.25) is 4.79 Å². The summed E-state index contributed by atoms with van der Waals surface area (Å²) in [5.41, 5.74) is -5.61. The first kappa shape index (κ1) is 14.3. The number of alkyl halides is 3. The van der Waals surface area contributed by atoms with Crippen molar-refractivity contribution in [2.45, 2.75) is 11.9 Å². The molecule has 0 aromatic heterocycles. The number of carboxylic acid groups (broad SMARTS) is 1. The van der Waals surface area contributed by atoms with Crippen molar-refractivity contribution in [2.75, 3.05) is 6.54 Å². The van der Waals surface area contributed by atoms with Gasteiger partial charge in [0.2, 0.25) is 0 Å². The lowest BCUT2D eigenvalue weighted by Crippen LogP contribution is -2.39. The number of amides is 2. The first-order valence-electron chi connectivity index (χ1n) is 4.30. The fraction of sp³-hybridized carbons (Fsp3) is 0.429. The summed E-state index contributed by atoms with van der Waals surface area (Å²) in [5, 5.41) is 8.49. The van der Waals surface area contributed by atoms with Gasteiger partial charge in [-0.2, -0.15) is 21.6 Å². The van der Waals surface area contributed by atoms with Gasteiger partial charge in [-0.1, -0.05) is 0 Å². The Kier molecular flexibility index (Phi) is 3.55. The van der Waals surface area contributed by atoms with Crippen LogP contribution in [0.2, 0.25) is 0 Å². The maximum absolute atomic E-state index is 12.0. The topological polar surface area (TPSA) is 101 Å². The second kappa shape index (κ2) is 4.48. The fourth-order valence-corrected chi connectivity index (χ4v) is 1.57. The largest absolute Gasteiger partial charge is 0.534 e. The summed E-state index contributed by atoms with van der Waals surface area (Å²) in [6, 6.07) is 0. The number of carbonyl (C=O) groups excluding carboxylic acids is 1. The number of nitrogens with zero attached hydrogens (tertiary/aromatic N) is 1. The van der Waals surface area contributed by atoms with Crippen LogP contribution >= 0.6 is 0 Å². The third kappa shape index (κ3) is 2.91. The highest BCUT2D eigenvalue weighted by molar-refractivity contribution is 7.87. The molecule has 11 heteroatoms. The van der Waals surface area contributed by atoms with Crippen LogP contribution in [-0.4, -0.2) is 42.5 Å². The Labute approximate surface area is 98.6 Å². The maximum Gasteiger partial charge on any atom is 0.534 e. The molecule has 0 saturated carbocycles. The molecule has 0 unspecified atom stereocenters. The molecule has 0 fully saturated rings. The highest BCUT2D eigenvalue weighted by atomic mass is 32.2. The van der Waals surface area contributed by atoms with Crippen molar-refractivity contribution in [2.24, 2.45) is 0 Å². The molecule has 102 valence electrons. The summed E-state index contributed by atoms with van der Waals surface area (Å²) in [5.74, 6) is -1.92. The summed E-state index contributed by atoms with van der Waals surface area (Å²) in [6.45, 7) is -0.479. The Morgan fingerprint density at radius 2 is 2.00 bits per heavy atom. The van der Waals surface area contributed by atoms with E-state index in [2.05, 4.69) is 4.18 Å². The van der Waals surface area contributed by atoms with E-state index in [0.717, 1.165) is 0 Å². The molecular formula is C7H6F3NO6S. The molecule has 0 aliphatic carbocycles. The maximum atomic E-state index is 12.0. The molecule has 0 bridgehead atoms. The lowest BCUT2D eigenvalue weighted by Gasteiger charge is -2.21. The van der Waals surface area contributed by atoms with Crippen LogP contribution in [0.4, 0.5) is 18.0 Å². The number of hydrogen-bond acceptors (Lipinski definition) is 5. The third-order valence-corrected chi connectivity index (χ3v) is 2.86. The number of halogens is 3. The first-order valence-corrected chi connectivity index (χ1v) is 5.71. The van der Waals surface area contributed by atoms with E-state index in [1.165, 1.54) is 0 Å². The zero-order valence-electron chi connectivity index (χ0n) is 8.47. The smallest absolute Gasteiger partial charge is 0.465 e. The zero-order chi connectivity index (χ0) is 14.1. The van der Waals surface area contributed by atoms with Gasteiger partial charge in [0, 0.05) is 19.0 Å². The molecule has 0 spiro atoms. The molecule has 1 aliphatic heterocycles.